The topological polar surface area (TPSA) is 101 Å². The molecule has 1 aliphatic rings. The van der Waals surface area contributed by atoms with Crippen molar-refractivity contribution in [2.24, 2.45) is 11.7 Å². The normalized spacial score (nSPS) is 15.9. The van der Waals surface area contributed by atoms with Gasteiger partial charge in [-0.1, -0.05) is 6.42 Å². The molecule has 6 N–H and O–H groups in total. The first-order valence-electron chi connectivity index (χ1n) is 7.08. The summed E-state index contributed by atoms with van der Waals surface area (Å²) in [7, 11) is 0. The number of hydrogen-bond acceptors (Lipinski definition) is 6. The predicted octanol–water partition coefficient (Wildman–Crippen LogP) is 3.04. The van der Waals surface area contributed by atoms with E-state index in [-0.39, 0.29) is 0 Å². The van der Waals surface area contributed by atoms with Gasteiger partial charge in [-0.3, -0.25) is 0 Å². The molecule has 0 atom stereocenters. The number of nitrogens with one attached hydrogen (secondary N) is 2. The number of thiophene rings is 1. The van der Waals surface area contributed by atoms with Gasteiger partial charge in [0.15, 0.2) is 0 Å². The van der Waals surface area contributed by atoms with Crippen molar-refractivity contribution >= 4 is 45.0 Å². The average Bonchev–Trinajstić information content (AvgIpc) is 2.81. The number of aromatic nitrogens is 1. The maximum absolute atomic E-state index is 7.11. The summed E-state index contributed by atoms with van der Waals surface area (Å²) in [6, 6.07) is 3.82. The van der Waals surface area contributed by atoms with Crippen LogP contribution in [0.25, 0.3) is 15.9 Å². The molecule has 0 spiro atoms. The van der Waals surface area contributed by atoms with E-state index in [0.29, 0.717) is 11.5 Å². The Hall–Kier alpha value is -2.08. The Morgan fingerprint density at radius 2 is 2.29 bits per heavy atom. The Morgan fingerprint density at radius 3 is 2.95 bits per heavy atom. The molecule has 2 aromatic heterocycles. The van der Waals surface area contributed by atoms with Crippen molar-refractivity contribution < 1.29 is 0 Å². The van der Waals surface area contributed by atoms with Crippen LogP contribution in [0.1, 0.15) is 24.1 Å². The first-order valence-corrected chi connectivity index (χ1v) is 7.89. The van der Waals surface area contributed by atoms with Crippen LogP contribution in [0.5, 0.6) is 0 Å². The zero-order chi connectivity index (χ0) is 14.8. The highest BCUT2D eigenvalue weighted by Crippen LogP contribution is 2.35. The van der Waals surface area contributed by atoms with Crippen molar-refractivity contribution in [1.29, 1.82) is 5.41 Å². The highest BCUT2D eigenvalue weighted by molar-refractivity contribution is 7.20. The molecule has 3 rings (SSSR count). The van der Waals surface area contributed by atoms with Gasteiger partial charge in [0.1, 0.15) is 5.82 Å². The number of nitrogen functional groups attached to an aromatic ring is 1. The van der Waals surface area contributed by atoms with E-state index < -0.39 is 0 Å². The van der Waals surface area contributed by atoms with Gasteiger partial charge in [-0.2, -0.15) is 0 Å². The summed E-state index contributed by atoms with van der Waals surface area (Å²) >= 11 is 1.58. The Kier molecular flexibility index (Phi) is 3.79. The third-order valence-corrected chi connectivity index (χ3v) is 5.06. The van der Waals surface area contributed by atoms with E-state index in [2.05, 4.69) is 10.3 Å². The van der Waals surface area contributed by atoms with E-state index in [0.717, 1.165) is 33.2 Å². The zero-order valence-corrected chi connectivity index (χ0v) is 12.5. The molecular weight excluding hydrogens is 282 g/mol. The van der Waals surface area contributed by atoms with Crippen molar-refractivity contribution in [3.63, 3.8) is 0 Å². The zero-order valence-electron chi connectivity index (χ0n) is 11.7. The molecule has 1 aliphatic carbocycles. The highest BCUT2D eigenvalue weighted by Gasteiger charge is 2.18. The van der Waals surface area contributed by atoms with Gasteiger partial charge < -0.3 is 22.2 Å². The number of fused-ring (bicyclic) bond motifs is 1. The second-order valence-electron chi connectivity index (χ2n) is 5.39. The van der Waals surface area contributed by atoms with Crippen LogP contribution in [0.3, 0.4) is 0 Å². The predicted molar refractivity (Wildman–Crippen MR) is 90.8 cm³/mol. The maximum atomic E-state index is 7.11. The van der Waals surface area contributed by atoms with Gasteiger partial charge in [-0.15, -0.1) is 11.3 Å². The second-order valence-corrected chi connectivity index (χ2v) is 6.44. The summed E-state index contributed by atoms with van der Waals surface area (Å²) in [6.07, 6.45) is 6.73. The van der Waals surface area contributed by atoms with E-state index in [1.165, 1.54) is 25.5 Å². The number of nitrogens with zero attached hydrogens (tertiary/aromatic N) is 1. The largest absolute Gasteiger partial charge is 0.398 e. The van der Waals surface area contributed by atoms with Gasteiger partial charge in [0.2, 0.25) is 0 Å². The molecule has 1 fully saturated rings. The molecule has 2 aromatic rings. The van der Waals surface area contributed by atoms with Crippen LogP contribution < -0.4 is 16.8 Å². The molecular formula is C15H19N5S. The lowest BCUT2D eigenvalue weighted by Crippen LogP contribution is -2.20. The lowest BCUT2D eigenvalue weighted by atomic mass is 9.85. The van der Waals surface area contributed by atoms with Crippen molar-refractivity contribution in [3.05, 3.63) is 23.1 Å². The van der Waals surface area contributed by atoms with Gasteiger partial charge in [0, 0.05) is 18.8 Å². The van der Waals surface area contributed by atoms with Gasteiger partial charge in [0.05, 0.1) is 26.5 Å². The molecule has 5 nitrogen and oxygen atoms in total. The minimum Gasteiger partial charge on any atom is -0.398 e. The molecule has 0 saturated heterocycles. The number of pyridine rings is 1. The fraction of sp³-hybridized carbons (Fsp3) is 0.333. The van der Waals surface area contributed by atoms with E-state index in [1.807, 2.05) is 12.1 Å². The molecule has 0 unspecified atom stereocenters. The lowest BCUT2D eigenvalue weighted by Gasteiger charge is -2.26. The number of allylic oxidation sites excluding steroid dienone is 1. The summed E-state index contributed by atoms with van der Waals surface area (Å²) in [4.78, 5) is 5.28. The van der Waals surface area contributed by atoms with Crippen LogP contribution in [0.15, 0.2) is 18.2 Å². The molecule has 0 radical (unpaired) electrons. The molecule has 110 valence electrons. The van der Waals surface area contributed by atoms with Gasteiger partial charge in [-0.25, -0.2) is 4.98 Å². The summed E-state index contributed by atoms with van der Waals surface area (Å²) in [5.74, 6) is 1.29. The van der Waals surface area contributed by atoms with Crippen LogP contribution in [-0.2, 0) is 0 Å². The number of hydrogen-bond donors (Lipinski definition) is 4. The monoisotopic (exact) mass is 301 g/mol. The third-order valence-electron chi connectivity index (χ3n) is 3.85. The lowest BCUT2D eigenvalue weighted by molar-refractivity contribution is 0.333. The minimum atomic E-state index is 0.512. The van der Waals surface area contributed by atoms with E-state index in [4.69, 9.17) is 16.9 Å². The Morgan fingerprint density at radius 1 is 1.48 bits per heavy atom. The smallest absolute Gasteiger partial charge is 0.126 e. The van der Waals surface area contributed by atoms with Gasteiger partial charge in [0.25, 0.3) is 0 Å². The highest BCUT2D eigenvalue weighted by atomic mass is 32.1. The molecule has 0 amide bonds. The maximum Gasteiger partial charge on any atom is 0.126 e. The third kappa shape index (κ3) is 2.85. The van der Waals surface area contributed by atoms with Crippen LogP contribution >= 0.6 is 11.3 Å². The molecule has 0 aliphatic heterocycles. The standard InChI is InChI=1S/C15H19N5S/c16-5-4-10(17)13-6-12-15(21-13)11(7-14(18)20-12)19-8-9-2-1-3-9/h4-7,9,16H,1-3,8,17H2,(H3,18,19,20)/b10-4-,16-5?. The van der Waals surface area contributed by atoms with E-state index in [1.54, 1.807) is 17.4 Å². The van der Waals surface area contributed by atoms with Crippen molar-refractivity contribution in [1.82, 2.24) is 4.98 Å². The van der Waals surface area contributed by atoms with Crippen molar-refractivity contribution in [2.75, 3.05) is 17.6 Å². The fourth-order valence-electron chi connectivity index (χ4n) is 2.44. The quantitative estimate of drug-likeness (QED) is 0.638. The van der Waals surface area contributed by atoms with Crippen LogP contribution in [0, 0.1) is 11.3 Å². The van der Waals surface area contributed by atoms with Gasteiger partial charge in [-0.05, 0) is 30.9 Å². The molecule has 0 aromatic carbocycles. The SMILES string of the molecule is N=C/C=C(\N)c1cc2nc(N)cc(NCC3CCC3)c2s1. The minimum absolute atomic E-state index is 0.512. The Balaban J connectivity index is 1.94. The average molecular weight is 301 g/mol. The van der Waals surface area contributed by atoms with Gasteiger partial charge >= 0.3 is 0 Å². The van der Waals surface area contributed by atoms with Crippen LogP contribution in [0.4, 0.5) is 11.5 Å². The first kappa shape index (κ1) is 13.9. The second kappa shape index (κ2) is 5.73. The number of nitrogens with two attached hydrogens (primary N) is 2. The van der Waals surface area contributed by atoms with E-state index >= 15 is 0 Å². The number of rotatable bonds is 5. The van der Waals surface area contributed by atoms with Crippen molar-refractivity contribution in [3.8, 4) is 0 Å². The van der Waals surface area contributed by atoms with E-state index in [9.17, 15) is 0 Å². The first-order chi connectivity index (χ1) is 10.2. The van der Waals surface area contributed by atoms with Crippen LogP contribution in [-0.4, -0.2) is 17.7 Å². The molecule has 0 bridgehead atoms. The number of anilines is 2. The Labute approximate surface area is 127 Å². The summed E-state index contributed by atoms with van der Waals surface area (Å²) in [5.41, 5.74) is 14.3. The summed E-state index contributed by atoms with van der Waals surface area (Å²) < 4.78 is 1.07. The van der Waals surface area contributed by atoms with Crippen molar-refractivity contribution in [2.45, 2.75) is 19.3 Å². The van der Waals surface area contributed by atoms with Crippen LogP contribution in [0.2, 0.25) is 0 Å². The summed E-state index contributed by atoms with van der Waals surface area (Å²) in [6.45, 7) is 0.984. The molecule has 6 heteroatoms. The Bertz CT molecular complexity index is 699. The summed E-state index contributed by atoms with van der Waals surface area (Å²) in [5, 5.41) is 10.6. The molecule has 2 heterocycles. The molecule has 1 saturated carbocycles. The molecule has 21 heavy (non-hydrogen) atoms. The fourth-order valence-corrected chi connectivity index (χ4v) is 3.47.